The first kappa shape index (κ1) is 12.2. The summed E-state index contributed by atoms with van der Waals surface area (Å²) < 4.78 is 1.83. The van der Waals surface area contributed by atoms with Gasteiger partial charge in [-0.15, -0.1) is 11.3 Å². The third-order valence-electron chi connectivity index (χ3n) is 2.76. The first-order valence-electron chi connectivity index (χ1n) is 5.63. The summed E-state index contributed by atoms with van der Waals surface area (Å²) >= 11 is 7.37. The topological polar surface area (TPSA) is 46.4 Å². The Bertz CT molecular complexity index is 734. The lowest BCUT2D eigenvalue weighted by Gasteiger charge is -2.06. The summed E-state index contributed by atoms with van der Waals surface area (Å²) in [6.45, 7) is 1.90. The smallest absolute Gasteiger partial charge is 0.275 e. The number of hydrogen-bond acceptors (Lipinski definition) is 3. The largest absolute Gasteiger partial charge is 0.320 e. The SMILES string of the molecule is Cc1cc(Cl)ccc1NC(=O)c1cn2ccsc2n1. The summed E-state index contributed by atoms with van der Waals surface area (Å²) in [5, 5.41) is 5.41. The third kappa shape index (κ3) is 2.34. The van der Waals surface area contributed by atoms with Crippen LogP contribution in [-0.2, 0) is 0 Å². The lowest BCUT2D eigenvalue weighted by molar-refractivity contribution is 0.102. The molecule has 6 heteroatoms. The van der Waals surface area contributed by atoms with Gasteiger partial charge in [0.1, 0.15) is 5.69 Å². The number of thiazole rings is 1. The highest BCUT2D eigenvalue weighted by atomic mass is 35.5. The molecular weight excluding hydrogens is 282 g/mol. The minimum absolute atomic E-state index is 0.221. The number of aryl methyl sites for hydroxylation is 1. The number of nitrogens with one attached hydrogen (secondary N) is 1. The number of imidazole rings is 1. The lowest BCUT2D eigenvalue weighted by atomic mass is 10.2. The minimum atomic E-state index is -0.221. The van der Waals surface area contributed by atoms with E-state index in [1.54, 1.807) is 18.3 Å². The fraction of sp³-hybridized carbons (Fsp3) is 0.0769. The van der Waals surface area contributed by atoms with E-state index < -0.39 is 0 Å². The molecule has 1 N–H and O–H groups in total. The highest BCUT2D eigenvalue weighted by Gasteiger charge is 2.12. The molecule has 0 unspecified atom stereocenters. The molecule has 0 bridgehead atoms. The average molecular weight is 292 g/mol. The number of carbonyl (C=O) groups excluding carboxylic acids is 1. The monoisotopic (exact) mass is 291 g/mol. The van der Waals surface area contributed by atoms with Gasteiger partial charge in [-0.05, 0) is 30.7 Å². The Kier molecular flexibility index (Phi) is 3.00. The van der Waals surface area contributed by atoms with Gasteiger partial charge in [-0.1, -0.05) is 11.6 Å². The van der Waals surface area contributed by atoms with E-state index in [1.807, 2.05) is 29.0 Å². The normalized spacial score (nSPS) is 10.8. The number of aromatic nitrogens is 2. The molecule has 4 nitrogen and oxygen atoms in total. The Balaban J connectivity index is 1.86. The highest BCUT2D eigenvalue weighted by Crippen LogP contribution is 2.20. The molecule has 0 fully saturated rings. The molecule has 0 atom stereocenters. The summed E-state index contributed by atoms with van der Waals surface area (Å²) in [5.41, 5.74) is 2.06. The number of carbonyl (C=O) groups is 1. The van der Waals surface area contributed by atoms with Crippen molar-refractivity contribution in [3.8, 4) is 0 Å². The maximum atomic E-state index is 12.1. The van der Waals surface area contributed by atoms with Gasteiger partial charge in [-0.2, -0.15) is 0 Å². The van der Waals surface area contributed by atoms with Crippen LogP contribution in [0.4, 0.5) is 5.69 Å². The van der Waals surface area contributed by atoms with Crippen molar-refractivity contribution in [2.75, 3.05) is 5.32 Å². The number of halogens is 1. The summed E-state index contributed by atoms with van der Waals surface area (Å²) in [4.78, 5) is 17.2. The molecule has 1 aromatic carbocycles. The van der Waals surface area contributed by atoms with Crippen molar-refractivity contribution in [3.63, 3.8) is 0 Å². The zero-order valence-corrected chi connectivity index (χ0v) is 11.6. The van der Waals surface area contributed by atoms with Gasteiger partial charge in [0, 0.05) is 28.5 Å². The Morgan fingerprint density at radius 2 is 2.32 bits per heavy atom. The van der Waals surface area contributed by atoms with Crippen molar-refractivity contribution in [2.24, 2.45) is 0 Å². The van der Waals surface area contributed by atoms with E-state index in [-0.39, 0.29) is 5.91 Å². The first-order valence-corrected chi connectivity index (χ1v) is 6.89. The van der Waals surface area contributed by atoms with Gasteiger partial charge in [0.25, 0.3) is 5.91 Å². The van der Waals surface area contributed by atoms with Crippen molar-refractivity contribution < 1.29 is 4.79 Å². The third-order valence-corrected chi connectivity index (χ3v) is 3.77. The van der Waals surface area contributed by atoms with Gasteiger partial charge in [0.2, 0.25) is 0 Å². The summed E-state index contributed by atoms with van der Waals surface area (Å²) in [6, 6.07) is 5.34. The molecule has 1 amide bonds. The minimum Gasteiger partial charge on any atom is -0.320 e. The van der Waals surface area contributed by atoms with Crippen molar-refractivity contribution in [2.45, 2.75) is 6.92 Å². The van der Waals surface area contributed by atoms with Crippen molar-refractivity contribution in [1.29, 1.82) is 0 Å². The fourth-order valence-electron chi connectivity index (χ4n) is 1.79. The molecule has 2 aromatic heterocycles. The second-order valence-electron chi connectivity index (χ2n) is 4.13. The maximum absolute atomic E-state index is 12.1. The molecule has 3 rings (SSSR count). The van der Waals surface area contributed by atoms with Crippen molar-refractivity contribution in [3.05, 3.63) is 52.3 Å². The van der Waals surface area contributed by atoms with Gasteiger partial charge in [-0.25, -0.2) is 4.98 Å². The van der Waals surface area contributed by atoms with Gasteiger partial charge in [-0.3, -0.25) is 9.20 Å². The van der Waals surface area contributed by atoms with E-state index in [0.717, 1.165) is 16.2 Å². The number of fused-ring (bicyclic) bond motifs is 1. The first-order chi connectivity index (χ1) is 9.13. The lowest BCUT2D eigenvalue weighted by Crippen LogP contribution is -2.13. The van der Waals surface area contributed by atoms with Crippen LogP contribution >= 0.6 is 22.9 Å². The molecule has 0 saturated heterocycles. The van der Waals surface area contributed by atoms with Crippen molar-refractivity contribution >= 4 is 39.5 Å². The van der Waals surface area contributed by atoms with Crippen LogP contribution in [0.15, 0.2) is 36.0 Å². The Morgan fingerprint density at radius 1 is 1.47 bits per heavy atom. The predicted octanol–water partition coefficient (Wildman–Crippen LogP) is 3.61. The average Bonchev–Trinajstić information content (AvgIpc) is 2.93. The van der Waals surface area contributed by atoms with E-state index in [1.165, 1.54) is 11.3 Å². The maximum Gasteiger partial charge on any atom is 0.275 e. The Hall–Kier alpha value is -1.85. The van der Waals surface area contributed by atoms with Crippen LogP contribution in [-0.4, -0.2) is 15.3 Å². The molecule has 0 aliphatic rings. The summed E-state index contributed by atoms with van der Waals surface area (Å²) in [6.07, 6.45) is 3.59. The molecule has 19 heavy (non-hydrogen) atoms. The Labute approximate surface area is 118 Å². The molecular formula is C13H10ClN3OS. The molecule has 0 spiro atoms. The highest BCUT2D eigenvalue weighted by molar-refractivity contribution is 7.15. The van der Waals surface area contributed by atoms with Crippen LogP contribution < -0.4 is 5.32 Å². The van der Waals surface area contributed by atoms with Gasteiger partial charge in [0.05, 0.1) is 0 Å². The second kappa shape index (κ2) is 4.68. The molecule has 0 saturated carbocycles. The number of anilines is 1. The van der Waals surface area contributed by atoms with Crippen LogP contribution in [0, 0.1) is 6.92 Å². The van der Waals surface area contributed by atoms with Gasteiger partial charge in [0.15, 0.2) is 4.96 Å². The van der Waals surface area contributed by atoms with Crippen LogP contribution in [0.1, 0.15) is 16.1 Å². The van der Waals surface area contributed by atoms with E-state index >= 15 is 0 Å². The molecule has 0 aliphatic heterocycles. The van der Waals surface area contributed by atoms with Crippen molar-refractivity contribution in [1.82, 2.24) is 9.38 Å². The van der Waals surface area contributed by atoms with Crippen LogP contribution in [0.3, 0.4) is 0 Å². The quantitative estimate of drug-likeness (QED) is 0.784. The predicted molar refractivity (Wildman–Crippen MR) is 77.2 cm³/mol. The zero-order chi connectivity index (χ0) is 13.4. The van der Waals surface area contributed by atoms with Crippen LogP contribution in [0.25, 0.3) is 4.96 Å². The number of nitrogens with zero attached hydrogens (tertiary/aromatic N) is 2. The van der Waals surface area contributed by atoms with E-state index in [0.29, 0.717) is 10.7 Å². The van der Waals surface area contributed by atoms with Crippen LogP contribution in [0.2, 0.25) is 5.02 Å². The standard InChI is InChI=1S/C13H10ClN3OS/c1-8-6-9(14)2-3-10(8)15-12(18)11-7-17-4-5-19-13(17)16-11/h2-7H,1H3,(H,15,18). The molecule has 3 aromatic rings. The fourth-order valence-corrected chi connectivity index (χ4v) is 2.72. The van der Waals surface area contributed by atoms with E-state index in [9.17, 15) is 4.79 Å². The summed E-state index contributed by atoms with van der Waals surface area (Å²) in [5.74, 6) is -0.221. The van der Waals surface area contributed by atoms with E-state index in [4.69, 9.17) is 11.6 Å². The van der Waals surface area contributed by atoms with Crippen LogP contribution in [0.5, 0.6) is 0 Å². The number of benzene rings is 1. The summed E-state index contributed by atoms with van der Waals surface area (Å²) in [7, 11) is 0. The van der Waals surface area contributed by atoms with Gasteiger partial charge >= 0.3 is 0 Å². The zero-order valence-electron chi connectivity index (χ0n) is 10.1. The molecule has 2 heterocycles. The van der Waals surface area contributed by atoms with Gasteiger partial charge < -0.3 is 5.32 Å². The molecule has 0 radical (unpaired) electrons. The number of amides is 1. The Morgan fingerprint density at radius 3 is 3.05 bits per heavy atom. The second-order valence-corrected chi connectivity index (χ2v) is 5.44. The molecule has 0 aliphatic carbocycles. The molecule has 96 valence electrons. The van der Waals surface area contributed by atoms with E-state index in [2.05, 4.69) is 10.3 Å². The number of rotatable bonds is 2. The number of hydrogen-bond donors (Lipinski definition) is 1.